The summed E-state index contributed by atoms with van der Waals surface area (Å²) in [5.74, 6) is 2.62. The van der Waals surface area contributed by atoms with Crippen LogP contribution in [0.2, 0.25) is 0 Å². The number of nitrogens with one attached hydrogen (secondary N) is 1. The Morgan fingerprint density at radius 1 is 1.38 bits per heavy atom. The van der Waals surface area contributed by atoms with Gasteiger partial charge in [-0.2, -0.15) is 11.8 Å². The molecule has 4 heteroatoms. The Morgan fingerprint density at radius 3 is 2.69 bits per heavy atom. The van der Waals surface area contributed by atoms with Crippen molar-refractivity contribution in [2.75, 3.05) is 18.1 Å². The molecule has 0 spiro atoms. The first kappa shape index (κ1) is 13.8. The van der Waals surface area contributed by atoms with Crippen LogP contribution in [0.4, 0.5) is 0 Å². The molecule has 94 valence electrons. The van der Waals surface area contributed by atoms with E-state index in [1.54, 1.807) is 11.8 Å². The molecule has 0 heterocycles. The molecule has 1 fully saturated rings. The van der Waals surface area contributed by atoms with Gasteiger partial charge in [0.15, 0.2) is 0 Å². The Balaban J connectivity index is 2.05. The third-order valence-corrected chi connectivity index (χ3v) is 4.15. The molecule has 3 nitrogen and oxygen atoms in total. The van der Waals surface area contributed by atoms with Crippen molar-refractivity contribution >= 4 is 17.7 Å². The summed E-state index contributed by atoms with van der Waals surface area (Å²) in [5.41, 5.74) is 5.39. The molecule has 1 aliphatic carbocycles. The molecule has 1 rings (SSSR count). The van der Waals surface area contributed by atoms with Gasteiger partial charge in [0.2, 0.25) is 5.91 Å². The molecule has 0 unspecified atom stereocenters. The van der Waals surface area contributed by atoms with Crippen LogP contribution in [0, 0.1) is 5.92 Å². The molecule has 1 saturated carbocycles. The maximum Gasteiger partial charge on any atom is 0.230 e. The summed E-state index contributed by atoms with van der Waals surface area (Å²) >= 11 is 1.68. The van der Waals surface area contributed by atoms with Crippen LogP contribution >= 0.6 is 11.8 Å². The molecule has 0 saturated heterocycles. The van der Waals surface area contributed by atoms with E-state index in [-0.39, 0.29) is 5.91 Å². The lowest BCUT2D eigenvalue weighted by Gasteiger charge is -2.26. The van der Waals surface area contributed by atoms with E-state index in [1.807, 2.05) is 0 Å². The van der Waals surface area contributed by atoms with Crippen molar-refractivity contribution < 1.29 is 4.79 Å². The van der Waals surface area contributed by atoms with Gasteiger partial charge in [0.1, 0.15) is 0 Å². The van der Waals surface area contributed by atoms with E-state index in [1.165, 1.54) is 12.8 Å². The number of hydrogen-bond acceptors (Lipinski definition) is 3. The lowest BCUT2D eigenvalue weighted by molar-refractivity contribution is -0.119. The molecule has 16 heavy (non-hydrogen) atoms. The minimum atomic E-state index is 0.196. The van der Waals surface area contributed by atoms with E-state index < -0.39 is 0 Å². The summed E-state index contributed by atoms with van der Waals surface area (Å²) in [6.45, 7) is 3.01. The summed E-state index contributed by atoms with van der Waals surface area (Å²) in [6.07, 6.45) is 5.82. The van der Waals surface area contributed by atoms with Gasteiger partial charge in [-0.1, -0.05) is 6.92 Å². The Hall–Kier alpha value is -0.220. The van der Waals surface area contributed by atoms with E-state index >= 15 is 0 Å². The standard InChI is InChI=1S/C12H24N2OS/c1-10-3-5-11(6-4-10)14-12(15)9-16-8-2-7-13/h10-11H,2-9,13H2,1H3,(H,14,15). The number of carbonyl (C=O) groups excluding carboxylic acids is 1. The second kappa shape index (κ2) is 7.96. The van der Waals surface area contributed by atoms with Crippen LogP contribution in [-0.2, 0) is 4.79 Å². The zero-order chi connectivity index (χ0) is 11.8. The summed E-state index contributed by atoms with van der Waals surface area (Å²) in [5, 5.41) is 3.13. The minimum Gasteiger partial charge on any atom is -0.353 e. The lowest BCUT2D eigenvalue weighted by Crippen LogP contribution is -2.38. The van der Waals surface area contributed by atoms with Crippen LogP contribution < -0.4 is 11.1 Å². The van der Waals surface area contributed by atoms with Crippen molar-refractivity contribution in [3.63, 3.8) is 0 Å². The van der Waals surface area contributed by atoms with Crippen molar-refractivity contribution in [2.24, 2.45) is 11.7 Å². The first-order chi connectivity index (χ1) is 7.72. The van der Waals surface area contributed by atoms with E-state index in [0.717, 1.165) is 37.5 Å². The summed E-state index contributed by atoms with van der Waals surface area (Å²) < 4.78 is 0. The van der Waals surface area contributed by atoms with Gasteiger partial charge in [-0.25, -0.2) is 0 Å². The number of thioether (sulfide) groups is 1. The van der Waals surface area contributed by atoms with Crippen molar-refractivity contribution in [2.45, 2.75) is 45.1 Å². The van der Waals surface area contributed by atoms with Gasteiger partial charge in [-0.15, -0.1) is 0 Å². The zero-order valence-corrected chi connectivity index (χ0v) is 11.0. The van der Waals surface area contributed by atoms with Crippen molar-refractivity contribution in [1.29, 1.82) is 0 Å². The smallest absolute Gasteiger partial charge is 0.230 e. The molecule has 1 amide bonds. The minimum absolute atomic E-state index is 0.196. The quantitative estimate of drug-likeness (QED) is 0.700. The first-order valence-corrected chi connectivity index (χ1v) is 7.45. The Bertz CT molecular complexity index is 203. The fourth-order valence-corrected chi connectivity index (χ4v) is 2.81. The van der Waals surface area contributed by atoms with Crippen LogP contribution in [0.15, 0.2) is 0 Å². The predicted molar refractivity (Wildman–Crippen MR) is 70.6 cm³/mol. The first-order valence-electron chi connectivity index (χ1n) is 6.29. The maximum atomic E-state index is 11.6. The highest BCUT2D eigenvalue weighted by molar-refractivity contribution is 7.99. The molecule has 0 aromatic heterocycles. The van der Waals surface area contributed by atoms with Crippen LogP contribution in [0.5, 0.6) is 0 Å². The van der Waals surface area contributed by atoms with Crippen LogP contribution in [-0.4, -0.2) is 30.0 Å². The summed E-state index contributed by atoms with van der Waals surface area (Å²) in [6, 6.07) is 0.429. The molecule has 0 aliphatic heterocycles. The zero-order valence-electron chi connectivity index (χ0n) is 10.2. The van der Waals surface area contributed by atoms with Gasteiger partial charge >= 0.3 is 0 Å². The van der Waals surface area contributed by atoms with E-state index in [9.17, 15) is 4.79 Å². The number of amides is 1. The van der Waals surface area contributed by atoms with Gasteiger partial charge in [-0.3, -0.25) is 4.79 Å². The number of rotatable bonds is 6. The molecule has 0 aromatic rings. The molecule has 0 bridgehead atoms. The average Bonchev–Trinajstić information content (AvgIpc) is 2.28. The van der Waals surface area contributed by atoms with Gasteiger partial charge in [0.25, 0.3) is 0 Å². The van der Waals surface area contributed by atoms with Gasteiger partial charge in [-0.05, 0) is 50.3 Å². The molecule has 3 N–H and O–H groups in total. The van der Waals surface area contributed by atoms with Gasteiger partial charge < -0.3 is 11.1 Å². The van der Waals surface area contributed by atoms with Crippen molar-refractivity contribution in [1.82, 2.24) is 5.32 Å². The Kier molecular flexibility index (Phi) is 6.88. The predicted octanol–water partition coefficient (Wildman–Crippen LogP) is 1.76. The molecule has 1 aliphatic rings. The third-order valence-electron chi connectivity index (χ3n) is 3.11. The van der Waals surface area contributed by atoms with E-state index in [4.69, 9.17) is 5.73 Å². The van der Waals surface area contributed by atoms with E-state index in [0.29, 0.717) is 11.8 Å². The number of hydrogen-bond donors (Lipinski definition) is 2. The third kappa shape index (κ3) is 5.75. The molecule has 0 aromatic carbocycles. The fourth-order valence-electron chi connectivity index (χ4n) is 2.02. The van der Waals surface area contributed by atoms with Crippen LogP contribution in [0.25, 0.3) is 0 Å². The number of carbonyl (C=O) groups is 1. The molecular formula is C12H24N2OS. The highest BCUT2D eigenvalue weighted by atomic mass is 32.2. The second-order valence-corrected chi connectivity index (χ2v) is 5.82. The fraction of sp³-hybridized carbons (Fsp3) is 0.917. The monoisotopic (exact) mass is 244 g/mol. The van der Waals surface area contributed by atoms with Gasteiger partial charge in [0.05, 0.1) is 5.75 Å². The average molecular weight is 244 g/mol. The van der Waals surface area contributed by atoms with E-state index in [2.05, 4.69) is 12.2 Å². The Morgan fingerprint density at radius 2 is 2.06 bits per heavy atom. The normalized spacial score (nSPS) is 25.4. The van der Waals surface area contributed by atoms with Crippen LogP contribution in [0.3, 0.4) is 0 Å². The number of nitrogens with two attached hydrogens (primary N) is 1. The summed E-state index contributed by atoms with van der Waals surface area (Å²) in [7, 11) is 0. The largest absolute Gasteiger partial charge is 0.353 e. The molecule has 0 atom stereocenters. The van der Waals surface area contributed by atoms with Gasteiger partial charge in [0, 0.05) is 6.04 Å². The maximum absolute atomic E-state index is 11.6. The highest BCUT2D eigenvalue weighted by Gasteiger charge is 2.19. The SMILES string of the molecule is CC1CCC(NC(=O)CSCCCN)CC1. The van der Waals surface area contributed by atoms with Crippen molar-refractivity contribution in [3.8, 4) is 0 Å². The topological polar surface area (TPSA) is 55.1 Å². The highest BCUT2D eigenvalue weighted by Crippen LogP contribution is 2.23. The van der Waals surface area contributed by atoms with Crippen molar-refractivity contribution in [3.05, 3.63) is 0 Å². The molecular weight excluding hydrogens is 220 g/mol. The molecule has 0 radical (unpaired) electrons. The Labute approximate surface area is 103 Å². The lowest BCUT2D eigenvalue weighted by atomic mass is 9.87. The second-order valence-electron chi connectivity index (χ2n) is 4.72. The van der Waals surface area contributed by atoms with Crippen LogP contribution in [0.1, 0.15) is 39.0 Å². The summed E-state index contributed by atoms with van der Waals surface area (Å²) in [4.78, 5) is 11.6.